The van der Waals surface area contributed by atoms with Crippen LogP contribution in [0.4, 0.5) is 5.13 Å². The van der Waals surface area contributed by atoms with E-state index in [0.29, 0.717) is 13.2 Å². The van der Waals surface area contributed by atoms with Gasteiger partial charge in [-0.3, -0.25) is 0 Å². The molecule has 0 atom stereocenters. The minimum atomic E-state index is 0.611. The number of rotatable bonds is 2. The monoisotopic (exact) mass is 317 g/mol. The van der Waals surface area contributed by atoms with E-state index in [1.54, 1.807) is 11.3 Å². The van der Waals surface area contributed by atoms with Gasteiger partial charge in [-0.1, -0.05) is 0 Å². The molecule has 116 valence electrons. The highest BCUT2D eigenvalue weighted by atomic mass is 32.1. The first-order chi connectivity index (χ1) is 10.8. The number of aromatic nitrogens is 1. The summed E-state index contributed by atoms with van der Waals surface area (Å²) in [5.41, 5.74) is 2.09. The summed E-state index contributed by atoms with van der Waals surface area (Å²) in [7, 11) is 2.17. The number of piperazine rings is 1. The third-order valence-corrected chi connectivity index (χ3v) is 5.01. The Morgan fingerprint density at radius 1 is 1.05 bits per heavy atom. The Morgan fingerprint density at radius 2 is 1.82 bits per heavy atom. The van der Waals surface area contributed by atoms with Gasteiger partial charge in [-0.2, -0.15) is 0 Å². The van der Waals surface area contributed by atoms with Crippen LogP contribution in [0.1, 0.15) is 0 Å². The van der Waals surface area contributed by atoms with Crippen molar-refractivity contribution in [1.29, 1.82) is 0 Å². The van der Waals surface area contributed by atoms with E-state index >= 15 is 0 Å². The van der Waals surface area contributed by atoms with Crippen LogP contribution < -0.4 is 14.4 Å². The fraction of sp³-hybridized carbons (Fsp3) is 0.438. The molecule has 5 nitrogen and oxygen atoms in total. The van der Waals surface area contributed by atoms with E-state index < -0.39 is 0 Å². The Morgan fingerprint density at radius 3 is 2.64 bits per heavy atom. The third-order valence-electron chi connectivity index (χ3n) is 4.10. The molecule has 0 unspecified atom stereocenters. The fourth-order valence-electron chi connectivity index (χ4n) is 2.74. The van der Waals surface area contributed by atoms with E-state index in [0.717, 1.165) is 54.1 Å². The third kappa shape index (κ3) is 2.64. The van der Waals surface area contributed by atoms with Crippen LogP contribution in [0.5, 0.6) is 11.5 Å². The van der Waals surface area contributed by atoms with Crippen molar-refractivity contribution >= 4 is 16.5 Å². The van der Waals surface area contributed by atoms with Gasteiger partial charge in [0.25, 0.3) is 0 Å². The predicted molar refractivity (Wildman–Crippen MR) is 88.3 cm³/mol. The summed E-state index contributed by atoms with van der Waals surface area (Å²) in [5.74, 6) is 1.64. The molecule has 4 rings (SSSR count). The highest BCUT2D eigenvalue weighted by Gasteiger charge is 2.18. The zero-order chi connectivity index (χ0) is 14.9. The Balaban J connectivity index is 1.56. The number of ether oxygens (including phenoxy) is 2. The Hall–Kier alpha value is -1.79. The summed E-state index contributed by atoms with van der Waals surface area (Å²) in [6.07, 6.45) is 0. The van der Waals surface area contributed by atoms with E-state index in [2.05, 4.69) is 28.3 Å². The molecule has 0 saturated carbocycles. The normalized spacial score (nSPS) is 18.5. The first-order valence-electron chi connectivity index (χ1n) is 7.59. The van der Waals surface area contributed by atoms with Gasteiger partial charge >= 0.3 is 0 Å². The van der Waals surface area contributed by atoms with Gasteiger partial charge in [-0.25, -0.2) is 4.98 Å². The molecule has 2 aromatic rings. The summed E-state index contributed by atoms with van der Waals surface area (Å²) >= 11 is 1.71. The smallest absolute Gasteiger partial charge is 0.185 e. The summed E-state index contributed by atoms with van der Waals surface area (Å²) in [4.78, 5) is 9.53. The quantitative estimate of drug-likeness (QED) is 0.850. The molecule has 3 heterocycles. The molecular weight excluding hydrogens is 298 g/mol. The second-order valence-corrected chi connectivity index (χ2v) is 6.50. The van der Waals surface area contributed by atoms with Crippen LogP contribution in [-0.2, 0) is 0 Å². The Labute approximate surface area is 134 Å². The van der Waals surface area contributed by atoms with Crippen LogP contribution >= 0.6 is 11.3 Å². The maximum atomic E-state index is 5.66. The van der Waals surface area contributed by atoms with Crippen molar-refractivity contribution in [1.82, 2.24) is 9.88 Å². The lowest BCUT2D eigenvalue weighted by atomic mass is 10.1. The minimum absolute atomic E-state index is 0.611. The summed E-state index contributed by atoms with van der Waals surface area (Å²) in [5, 5.41) is 3.23. The van der Waals surface area contributed by atoms with Crippen LogP contribution in [0.25, 0.3) is 11.3 Å². The van der Waals surface area contributed by atoms with E-state index in [4.69, 9.17) is 14.5 Å². The first kappa shape index (κ1) is 13.8. The first-order valence-corrected chi connectivity index (χ1v) is 8.46. The van der Waals surface area contributed by atoms with Crippen LogP contribution in [0.3, 0.4) is 0 Å². The summed E-state index contributed by atoms with van der Waals surface area (Å²) in [6.45, 7) is 5.52. The van der Waals surface area contributed by atoms with Gasteiger partial charge in [-0.15, -0.1) is 11.3 Å². The molecule has 0 bridgehead atoms. The zero-order valence-electron chi connectivity index (χ0n) is 12.6. The molecule has 2 aliphatic rings. The zero-order valence-corrected chi connectivity index (χ0v) is 13.4. The number of anilines is 1. The van der Waals surface area contributed by atoms with Crippen molar-refractivity contribution < 1.29 is 9.47 Å². The van der Waals surface area contributed by atoms with Crippen molar-refractivity contribution in [2.75, 3.05) is 51.3 Å². The van der Waals surface area contributed by atoms with E-state index in [1.807, 2.05) is 12.1 Å². The lowest BCUT2D eigenvalue weighted by Crippen LogP contribution is -2.44. The molecule has 0 N–H and O–H groups in total. The molecule has 6 heteroatoms. The summed E-state index contributed by atoms with van der Waals surface area (Å²) < 4.78 is 11.2. The van der Waals surface area contributed by atoms with Crippen molar-refractivity contribution in [3.05, 3.63) is 23.6 Å². The maximum absolute atomic E-state index is 5.66. The topological polar surface area (TPSA) is 37.8 Å². The number of fused-ring (bicyclic) bond motifs is 1. The van der Waals surface area contributed by atoms with Crippen molar-refractivity contribution in [2.24, 2.45) is 0 Å². The molecule has 1 fully saturated rings. The summed E-state index contributed by atoms with van der Waals surface area (Å²) in [6, 6.07) is 6.05. The molecular formula is C16H19N3O2S. The Bertz CT molecular complexity index is 665. The number of nitrogens with zero attached hydrogens (tertiary/aromatic N) is 3. The number of hydrogen-bond donors (Lipinski definition) is 0. The van der Waals surface area contributed by atoms with Crippen LogP contribution in [-0.4, -0.2) is 56.3 Å². The molecule has 0 aliphatic carbocycles. The highest BCUT2D eigenvalue weighted by molar-refractivity contribution is 7.14. The van der Waals surface area contributed by atoms with Crippen molar-refractivity contribution in [3.8, 4) is 22.8 Å². The molecule has 1 aromatic heterocycles. The standard InChI is InChI=1S/C16H19N3O2S/c1-18-4-6-19(7-5-18)16-17-13(11-22-16)12-2-3-14-15(10-12)21-9-8-20-14/h2-3,10-11H,4-9H2,1H3. The predicted octanol–water partition coefficient (Wildman–Crippen LogP) is 2.33. The average molecular weight is 317 g/mol. The van der Waals surface area contributed by atoms with Gasteiger partial charge in [0.05, 0.1) is 5.69 Å². The molecule has 0 spiro atoms. The SMILES string of the molecule is CN1CCN(c2nc(-c3ccc4c(c3)OCCO4)cs2)CC1. The molecule has 1 aromatic carbocycles. The Kier molecular flexibility index (Phi) is 3.63. The van der Waals surface area contributed by atoms with E-state index in [1.165, 1.54) is 0 Å². The lowest BCUT2D eigenvalue weighted by Gasteiger charge is -2.32. The van der Waals surface area contributed by atoms with E-state index in [-0.39, 0.29) is 0 Å². The van der Waals surface area contributed by atoms with Crippen molar-refractivity contribution in [2.45, 2.75) is 0 Å². The molecule has 1 saturated heterocycles. The molecule has 22 heavy (non-hydrogen) atoms. The van der Waals surface area contributed by atoms with Gasteiger partial charge in [-0.05, 0) is 25.2 Å². The van der Waals surface area contributed by atoms with Gasteiger partial charge in [0.2, 0.25) is 0 Å². The average Bonchev–Trinajstić information content (AvgIpc) is 3.05. The second-order valence-electron chi connectivity index (χ2n) is 5.66. The maximum Gasteiger partial charge on any atom is 0.185 e. The number of thiazole rings is 1. The van der Waals surface area contributed by atoms with Crippen LogP contribution in [0.15, 0.2) is 23.6 Å². The van der Waals surface area contributed by atoms with E-state index in [9.17, 15) is 0 Å². The number of likely N-dealkylation sites (N-methyl/N-ethyl adjacent to an activating group) is 1. The highest BCUT2D eigenvalue weighted by Crippen LogP contribution is 2.36. The fourth-order valence-corrected chi connectivity index (χ4v) is 3.63. The lowest BCUT2D eigenvalue weighted by molar-refractivity contribution is 0.171. The van der Waals surface area contributed by atoms with Gasteiger partial charge in [0.15, 0.2) is 16.6 Å². The van der Waals surface area contributed by atoms with Crippen LogP contribution in [0, 0.1) is 0 Å². The van der Waals surface area contributed by atoms with Gasteiger partial charge < -0.3 is 19.3 Å². The number of hydrogen-bond acceptors (Lipinski definition) is 6. The largest absolute Gasteiger partial charge is 0.486 e. The molecule has 0 amide bonds. The van der Waals surface area contributed by atoms with Gasteiger partial charge in [0, 0.05) is 37.1 Å². The second kappa shape index (κ2) is 5.78. The minimum Gasteiger partial charge on any atom is -0.486 e. The van der Waals surface area contributed by atoms with Crippen molar-refractivity contribution in [3.63, 3.8) is 0 Å². The molecule has 2 aliphatic heterocycles. The van der Waals surface area contributed by atoms with Gasteiger partial charge in [0.1, 0.15) is 13.2 Å². The molecule has 0 radical (unpaired) electrons. The number of benzene rings is 1. The van der Waals surface area contributed by atoms with Crippen LogP contribution in [0.2, 0.25) is 0 Å².